The Kier molecular flexibility index (Phi) is 14.3. The zero-order valence-corrected chi connectivity index (χ0v) is 13.2. The van der Waals surface area contributed by atoms with E-state index in [1.807, 2.05) is 13.8 Å². The maximum Gasteiger partial charge on any atom is 0.207 e. The van der Waals surface area contributed by atoms with Crippen molar-refractivity contribution in [1.29, 1.82) is 0 Å². The van der Waals surface area contributed by atoms with E-state index in [9.17, 15) is 0 Å². The third kappa shape index (κ3) is 8.72. The molecule has 0 saturated heterocycles. The molecule has 0 rings (SSSR count). The molecule has 0 bridgehead atoms. The lowest BCUT2D eigenvalue weighted by Gasteiger charge is -2.32. The summed E-state index contributed by atoms with van der Waals surface area (Å²) in [7, 11) is -0.985. The lowest BCUT2D eigenvalue weighted by molar-refractivity contribution is 0.261. The van der Waals surface area contributed by atoms with Crippen molar-refractivity contribution in [1.82, 2.24) is 4.67 Å². The van der Waals surface area contributed by atoms with Gasteiger partial charge in [-0.05, 0) is 51.9 Å². The van der Waals surface area contributed by atoms with Gasteiger partial charge in [0, 0.05) is 12.1 Å². The van der Waals surface area contributed by atoms with Gasteiger partial charge >= 0.3 is 0 Å². The van der Waals surface area contributed by atoms with Gasteiger partial charge in [-0.2, -0.15) is 0 Å². The average Bonchev–Trinajstić information content (AvgIpc) is 2.20. The zero-order chi connectivity index (χ0) is 13.1. The van der Waals surface area contributed by atoms with E-state index >= 15 is 0 Å². The Morgan fingerprint density at radius 2 is 1.62 bits per heavy atom. The highest BCUT2D eigenvalue weighted by molar-refractivity contribution is 7.78. The minimum atomic E-state index is -0.985. The number of nitrogens with zero attached hydrogens (tertiary/aromatic N) is 1. The van der Waals surface area contributed by atoms with Crippen molar-refractivity contribution in [2.75, 3.05) is 13.2 Å². The fraction of sp³-hybridized carbons (Fsp3) is 1.00. The largest absolute Gasteiger partial charge is 0.331 e. The van der Waals surface area contributed by atoms with Crippen molar-refractivity contribution in [3.8, 4) is 0 Å². The van der Waals surface area contributed by atoms with Crippen LogP contribution >= 0.6 is 18.9 Å². The van der Waals surface area contributed by atoms with Gasteiger partial charge in [0.05, 0.1) is 6.61 Å². The molecule has 0 aromatic rings. The standard InChI is InChI=1S/C9H22ClN2OP.C2H6/c1-8(2)12(9(3)4)14(10)13-7-5-6-11;1-2/h8-9H,5-7,11H2,1-4H3;1-2H3. The summed E-state index contributed by atoms with van der Waals surface area (Å²) in [5, 5.41) is 0. The van der Waals surface area contributed by atoms with Crippen LogP contribution in [-0.2, 0) is 4.52 Å². The van der Waals surface area contributed by atoms with E-state index in [-0.39, 0.29) is 0 Å². The van der Waals surface area contributed by atoms with Gasteiger partial charge in [0.2, 0.25) is 7.65 Å². The first-order chi connectivity index (χ1) is 7.50. The van der Waals surface area contributed by atoms with Crippen LogP contribution in [0.15, 0.2) is 0 Å². The summed E-state index contributed by atoms with van der Waals surface area (Å²) in [4.78, 5) is 0. The molecule has 0 aliphatic rings. The predicted molar refractivity (Wildman–Crippen MR) is 75.9 cm³/mol. The molecule has 0 heterocycles. The fourth-order valence-electron chi connectivity index (χ4n) is 1.25. The van der Waals surface area contributed by atoms with Gasteiger partial charge in [-0.25, -0.2) is 4.67 Å². The van der Waals surface area contributed by atoms with Crippen molar-refractivity contribution in [3.63, 3.8) is 0 Å². The second kappa shape index (κ2) is 12.1. The molecule has 0 saturated carbocycles. The van der Waals surface area contributed by atoms with Gasteiger partial charge in [0.1, 0.15) is 0 Å². The quantitative estimate of drug-likeness (QED) is 0.562. The Morgan fingerprint density at radius 1 is 1.19 bits per heavy atom. The Hall–Kier alpha value is 0.600. The van der Waals surface area contributed by atoms with Crippen molar-refractivity contribution in [2.24, 2.45) is 5.73 Å². The summed E-state index contributed by atoms with van der Waals surface area (Å²) in [5.74, 6) is 0. The molecule has 0 spiro atoms. The van der Waals surface area contributed by atoms with Crippen molar-refractivity contribution < 1.29 is 4.52 Å². The highest BCUT2D eigenvalue weighted by atomic mass is 35.7. The normalized spacial score (nSPS) is 12.9. The molecule has 0 aliphatic heterocycles. The third-order valence-corrected chi connectivity index (χ3v) is 4.29. The Balaban J connectivity index is 0. The van der Waals surface area contributed by atoms with Crippen LogP contribution in [0.4, 0.5) is 0 Å². The minimum absolute atomic E-state index is 0.413. The van der Waals surface area contributed by atoms with E-state index < -0.39 is 7.65 Å². The van der Waals surface area contributed by atoms with Crippen LogP contribution in [0.2, 0.25) is 0 Å². The first-order valence-electron chi connectivity index (χ1n) is 6.07. The summed E-state index contributed by atoms with van der Waals surface area (Å²) in [6, 6.07) is 0.827. The smallest absolute Gasteiger partial charge is 0.207 e. The predicted octanol–water partition coefficient (Wildman–Crippen LogP) is 3.96. The van der Waals surface area contributed by atoms with Gasteiger partial charge in [-0.1, -0.05) is 13.8 Å². The van der Waals surface area contributed by atoms with E-state index in [0.717, 1.165) is 6.42 Å². The van der Waals surface area contributed by atoms with Crippen LogP contribution in [0.1, 0.15) is 48.0 Å². The number of rotatable bonds is 7. The molecule has 0 aromatic carbocycles. The topological polar surface area (TPSA) is 38.5 Å². The Bertz CT molecular complexity index is 140. The van der Waals surface area contributed by atoms with Gasteiger partial charge in [-0.3, -0.25) is 0 Å². The first kappa shape index (κ1) is 19.0. The van der Waals surface area contributed by atoms with E-state index in [1.165, 1.54) is 0 Å². The average molecular weight is 271 g/mol. The summed E-state index contributed by atoms with van der Waals surface area (Å²) in [5.41, 5.74) is 5.38. The lowest BCUT2D eigenvalue weighted by Crippen LogP contribution is -2.31. The molecule has 0 fully saturated rings. The third-order valence-electron chi connectivity index (χ3n) is 1.79. The van der Waals surface area contributed by atoms with Gasteiger partial charge < -0.3 is 10.3 Å². The van der Waals surface area contributed by atoms with Crippen molar-refractivity contribution in [2.45, 2.75) is 60.0 Å². The van der Waals surface area contributed by atoms with Gasteiger partial charge in [-0.15, -0.1) is 0 Å². The number of hydrogen-bond acceptors (Lipinski definition) is 3. The summed E-state index contributed by atoms with van der Waals surface area (Å²) < 4.78 is 7.73. The molecule has 100 valence electrons. The number of nitrogens with two attached hydrogens (primary N) is 1. The summed E-state index contributed by atoms with van der Waals surface area (Å²) in [6.07, 6.45) is 0.871. The van der Waals surface area contributed by atoms with E-state index in [4.69, 9.17) is 21.5 Å². The summed E-state index contributed by atoms with van der Waals surface area (Å²) in [6.45, 7) is 13.8. The molecule has 2 N–H and O–H groups in total. The SMILES string of the molecule is CC.CC(C)N(C(C)C)P(Cl)OCCCN. The molecule has 0 amide bonds. The molecule has 0 aromatic heterocycles. The van der Waals surface area contributed by atoms with Crippen LogP contribution in [0.25, 0.3) is 0 Å². The lowest BCUT2D eigenvalue weighted by atomic mass is 10.3. The van der Waals surface area contributed by atoms with Gasteiger partial charge in [0.15, 0.2) is 0 Å². The monoisotopic (exact) mass is 270 g/mol. The van der Waals surface area contributed by atoms with Crippen molar-refractivity contribution in [3.05, 3.63) is 0 Å². The fourth-order valence-corrected chi connectivity index (χ4v) is 3.64. The molecule has 0 radical (unpaired) electrons. The van der Waals surface area contributed by atoms with Gasteiger partial charge in [0.25, 0.3) is 0 Å². The molecule has 1 unspecified atom stereocenters. The molecule has 16 heavy (non-hydrogen) atoms. The van der Waals surface area contributed by atoms with Crippen LogP contribution in [0.3, 0.4) is 0 Å². The highest BCUT2D eigenvalue weighted by Gasteiger charge is 2.23. The van der Waals surface area contributed by atoms with E-state index in [2.05, 4.69) is 32.4 Å². The number of halogens is 1. The molecular weight excluding hydrogens is 243 g/mol. The van der Waals surface area contributed by atoms with E-state index in [1.54, 1.807) is 0 Å². The maximum atomic E-state index is 6.20. The number of hydrogen-bond donors (Lipinski definition) is 1. The van der Waals surface area contributed by atoms with Crippen LogP contribution in [0, 0.1) is 0 Å². The molecule has 1 atom stereocenters. The zero-order valence-electron chi connectivity index (χ0n) is 11.5. The highest BCUT2D eigenvalue weighted by Crippen LogP contribution is 2.49. The van der Waals surface area contributed by atoms with Crippen LogP contribution in [-0.4, -0.2) is 29.9 Å². The second-order valence-corrected chi connectivity index (χ2v) is 5.81. The summed E-state index contributed by atoms with van der Waals surface area (Å²) >= 11 is 6.20. The Labute approximate surface area is 107 Å². The Morgan fingerprint density at radius 3 is 1.94 bits per heavy atom. The molecule has 0 aliphatic carbocycles. The molecular formula is C11H28ClN2OP. The van der Waals surface area contributed by atoms with Crippen LogP contribution < -0.4 is 5.73 Å². The molecule has 5 heteroatoms. The minimum Gasteiger partial charge on any atom is -0.331 e. The van der Waals surface area contributed by atoms with Crippen LogP contribution in [0.5, 0.6) is 0 Å². The van der Waals surface area contributed by atoms with E-state index in [0.29, 0.717) is 25.2 Å². The van der Waals surface area contributed by atoms with Crippen molar-refractivity contribution >= 4 is 18.9 Å². The maximum absolute atomic E-state index is 6.20. The first-order valence-corrected chi connectivity index (χ1v) is 8.19. The molecule has 3 nitrogen and oxygen atoms in total. The second-order valence-electron chi connectivity index (χ2n) is 3.77.